The molecular formula is C24H38O4. The van der Waals surface area contributed by atoms with Crippen molar-refractivity contribution in [3.05, 3.63) is 36.5 Å². The van der Waals surface area contributed by atoms with Crippen LogP contribution in [0.5, 0.6) is 0 Å². The molecule has 1 fully saturated rings. The molecule has 158 valence electrons. The first-order valence-corrected chi connectivity index (χ1v) is 10.3. The van der Waals surface area contributed by atoms with Crippen LogP contribution in [0, 0.1) is 29.1 Å². The zero-order valence-electron chi connectivity index (χ0n) is 18.8. The van der Waals surface area contributed by atoms with Crippen LogP contribution in [0.1, 0.15) is 61.8 Å². The molecule has 1 rings (SSSR count). The molecule has 0 amide bonds. The first-order valence-electron chi connectivity index (χ1n) is 10.3. The summed E-state index contributed by atoms with van der Waals surface area (Å²) >= 11 is 0. The second-order valence-corrected chi connectivity index (χ2v) is 8.97. The Morgan fingerprint density at radius 2 is 1.79 bits per heavy atom. The molecular weight excluding hydrogens is 352 g/mol. The molecule has 0 bridgehead atoms. The van der Waals surface area contributed by atoms with Gasteiger partial charge < -0.3 is 9.47 Å². The molecule has 0 aromatic carbocycles. The summed E-state index contributed by atoms with van der Waals surface area (Å²) in [7, 11) is 0. The lowest BCUT2D eigenvalue weighted by Crippen LogP contribution is -2.33. The van der Waals surface area contributed by atoms with Gasteiger partial charge in [0.15, 0.2) is 0 Å². The lowest BCUT2D eigenvalue weighted by molar-refractivity contribution is -0.151. The zero-order chi connectivity index (χ0) is 21.5. The third-order valence-electron chi connectivity index (χ3n) is 5.34. The second-order valence-electron chi connectivity index (χ2n) is 8.97. The van der Waals surface area contributed by atoms with Gasteiger partial charge in [0.1, 0.15) is 6.10 Å². The summed E-state index contributed by atoms with van der Waals surface area (Å²) < 4.78 is 11.2. The SMILES string of the molecule is C/C=C\C1C(=O)OC(C)CC(C)C1/C=C/C(OC(C)=O)C(/C=C/C)C(C)(C)C. The molecule has 0 aliphatic carbocycles. The Kier molecular flexibility index (Phi) is 9.19. The van der Waals surface area contributed by atoms with E-state index in [2.05, 4.69) is 39.8 Å². The first kappa shape index (κ1) is 24.2. The molecule has 1 aliphatic heterocycles. The van der Waals surface area contributed by atoms with E-state index in [-0.39, 0.29) is 53.2 Å². The molecule has 0 aromatic heterocycles. The summed E-state index contributed by atoms with van der Waals surface area (Å²) in [4.78, 5) is 24.3. The highest BCUT2D eigenvalue weighted by Crippen LogP contribution is 2.36. The number of esters is 2. The molecule has 1 aliphatic rings. The Balaban J connectivity index is 3.28. The van der Waals surface area contributed by atoms with Crippen LogP contribution in [0.2, 0.25) is 0 Å². The van der Waals surface area contributed by atoms with Gasteiger partial charge in [-0.3, -0.25) is 9.59 Å². The topological polar surface area (TPSA) is 52.6 Å². The summed E-state index contributed by atoms with van der Waals surface area (Å²) in [5, 5.41) is 0. The van der Waals surface area contributed by atoms with Gasteiger partial charge >= 0.3 is 11.9 Å². The quantitative estimate of drug-likeness (QED) is 0.444. The minimum Gasteiger partial charge on any atom is -0.462 e. The highest BCUT2D eigenvalue weighted by Gasteiger charge is 2.36. The Bertz CT molecular complexity index is 609. The van der Waals surface area contributed by atoms with Crippen LogP contribution in [0.15, 0.2) is 36.5 Å². The van der Waals surface area contributed by atoms with Crippen molar-refractivity contribution in [2.24, 2.45) is 29.1 Å². The van der Waals surface area contributed by atoms with Gasteiger partial charge in [0.05, 0.1) is 12.0 Å². The number of ether oxygens (including phenoxy) is 2. The number of hydrogen-bond donors (Lipinski definition) is 0. The van der Waals surface area contributed by atoms with Crippen molar-refractivity contribution in [1.82, 2.24) is 0 Å². The highest BCUT2D eigenvalue weighted by molar-refractivity contribution is 5.75. The molecule has 1 heterocycles. The Morgan fingerprint density at radius 1 is 1.14 bits per heavy atom. The van der Waals surface area contributed by atoms with E-state index < -0.39 is 0 Å². The standard InChI is InChI=1S/C24H38O4/c1-9-11-20-19(16(3)15-17(4)27-23(20)26)13-14-22(28-18(5)25)21(12-10-2)24(6,7)8/h9-14,16-17,19-22H,15H2,1-8H3/b11-9-,12-10+,14-13+. The zero-order valence-corrected chi connectivity index (χ0v) is 18.8. The van der Waals surface area contributed by atoms with E-state index in [1.54, 1.807) is 0 Å². The molecule has 0 radical (unpaired) electrons. The van der Waals surface area contributed by atoms with E-state index in [0.717, 1.165) is 6.42 Å². The maximum Gasteiger partial charge on any atom is 0.313 e. The Hall–Kier alpha value is -1.84. The van der Waals surface area contributed by atoms with E-state index in [1.807, 2.05) is 45.1 Å². The third kappa shape index (κ3) is 6.96. The highest BCUT2D eigenvalue weighted by atomic mass is 16.5. The molecule has 0 saturated carbocycles. The predicted molar refractivity (Wildman–Crippen MR) is 114 cm³/mol. The van der Waals surface area contributed by atoms with E-state index in [0.29, 0.717) is 0 Å². The van der Waals surface area contributed by atoms with E-state index in [1.165, 1.54) is 6.92 Å². The lowest BCUT2D eigenvalue weighted by Gasteiger charge is -2.33. The molecule has 6 atom stereocenters. The minimum absolute atomic E-state index is 0.00191. The van der Waals surface area contributed by atoms with Gasteiger partial charge in [-0.1, -0.05) is 58.1 Å². The number of carbonyl (C=O) groups excluding carboxylic acids is 2. The molecule has 0 spiro atoms. The van der Waals surface area contributed by atoms with E-state index in [9.17, 15) is 9.59 Å². The van der Waals surface area contributed by atoms with Gasteiger partial charge in [0, 0.05) is 12.8 Å². The maximum absolute atomic E-state index is 12.6. The predicted octanol–water partition coefficient (Wildman–Crippen LogP) is 5.49. The van der Waals surface area contributed by atoms with Crippen molar-refractivity contribution in [2.45, 2.75) is 74.0 Å². The van der Waals surface area contributed by atoms with Crippen LogP contribution < -0.4 is 0 Å². The molecule has 6 unspecified atom stereocenters. The monoisotopic (exact) mass is 390 g/mol. The normalized spacial score (nSPS) is 29.1. The van der Waals surface area contributed by atoms with Crippen molar-refractivity contribution in [3.63, 3.8) is 0 Å². The third-order valence-corrected chi connectivity index (χ3v) is 5.34. The molecule has 1 saturated heterocycles. The number of rotatable bonds is 6. The Labute approximate surface area is 171 Å². The second kappa shape index (κ2) is 10.6. The van der Waals surface area contributed by atoms with Gasteiger partial charge in [0.25, 0.3) is 0 Å². The summed E-state index contributed by atoms with van der Waals surface area (Å²) in [6.07, 6.45) is 12.3. The van der Waals surface area contributed by atoms with Crippen LogP contribution in [0.3, 0.4) is 0 Å². The summed E-state index contributed by atoms with van der Waals surface area (Å²) in [5.41, 5.74) is -0.0811. The fourth-order valence-electron chi connectivity index (χ4n) is 4.00. The van der Waals surface area contributed by atoms with Gasteiger partial charge in [-0.15, -0.1) is 0 Å². The molecule has 0 aromatic rings. The van der Waals surface area contributed by atoms with E-state index >= 15 is 0 Å². The fourth-order valence-corrected chi connectivity index (χ4v) is 4.00. The number of allylic oxidation sites excluding steroid dienone is 3. The molecule has 4 heteroatoms. The van der Waals surface area contributed by atoms with Gasteiger partial charge in [-0.2, -0.15) is 0 Å². The van der Waals surface area contributed by atoms with Gasteiger partial charge in [-0.25, -0.2) is 0 Å². The van der Waals surface area contributed by atoms with Crippen molar-refractivity contribution in [1.29, 1.82) is 0 Å². The number of hydrogen-bond acceptors (Lipinski definition) is 4. The summed E-state index contributed by atoms with van der Waals surface area (Å²) in [6.45, 7) is 15.8. The van der Waals surface area contributed by atoms with Crippen molar-refractivity contribution in [2.75, 3.05) is 0 Å². The van der Waals surface area contributed by atoms with Crippen LogP contribution in [-0.2, 0) is 19.1 Å². The largest absolute Gasteiger partial charge is 0.462 e. The van der Waals surface area contributed by atoms with Crippen LogP contribution in [0.25, 0.3) is 0 Å². The molecule has 28 heavy (non-hydrogen) atoms. The smallest absolute Gasteiger partial charge is 0.313 e. The minimum atomic E-state index is -0.385. The summed E-state index contributed by atoms with van der Waals surface area (Å²) in [5.74, 6) is -0.516. The lowest BCUT2D eigenvalue weighted by atomic mass is 9.75. The van der Waals surface area contributed by atoms with Crippen LogP contribution in [-0.4, -0.2) is 24.1 Å². The maximum atomic E-state index is 12.6. The van der Waals surface area contributed by atoms with Crippen molar-refractivity contribution in [3.8, 4) is 0 Å². The Morgan fingerprint density at radius 3 is 2.29 bits per heavy atom. The molecule has 0 N–H and O–H groups in total. The first-order chi connectivity index (χ1) is 13.0. The van der Waals surface area contributed by atoms with Gasteiger partial charge in [-0.05, 0) is 50.5 Å². The van der Waals surface area contributed by atoms with Gasteiger partial charge in [0.2, 0.25) is 0 Å². The number of cyclic esters (lactones) is 1. The van der Waals surface area contributed by atoms with E-state index in [4.69, 9.17) is 9.47 Å². The van der Waals surface area contributed by atoms with Crippen molar-refractivity contribution >= 4 is 11.9 Å². The fraction of sp³-hybridized carbons (Fsp3) is 0.667. The van der Waals surface area contributed by atoms with Crippen LogP contribution in [0.4, 0.5) is 0 Å². The average molecular weight is 391 g/mol. The number of carbonyl (C=O) groups is 2. The summed E-state index contributed by atoms with van der Waals surface area (Å²) in [6, 6.07) is 0. The molecule has 4 nitrogen and oxygen atoms in total. The average Bonchev–Trinajstić information content (AvgIpc) is 2.65. The van der Waals surface area contributed by atoms with Crippen LogP contribution >= 0.6 is 0 Å². The van der Waals surface area contributed by atoms with Crippen molar-refractivity contribution < 1.29 is 19.1 Å².